The number of hydrogen-bond donors (Lipinski definition) is 1. The zero-order valence-corrected chi connectivity index (χ0v) is 27.3. The normalized spacial score (nSPS) is 12.0. The third kappa shape index (κ3) is 8.40. The summed E-state index contributed by atoms with van der Waals surface area (Å²) in [6.07, 6.45) is 1.75. The average Bonchev–Trinajstić information content (AvgIpc) is 3.40. The second-order valence-electron chi connectivity index (χ2n) is 11.2. The number of alkyl carbamates (subject to hydrolysis) is 1. The summed E-state index contributed by atoms with van der Waals surface area (Å²) in [6.45, 7) is 4.98. The Bertz CT molecular complexity index is 1890. The van der Waals surface area contributed by atoms with Gasteiger partial charge in [-0.1, -0.05) is 46.3 Å². The molecule has 0 bridgehead atoms. The lowest BCUT2D eigenvalue weighted by molar-refractivity contribution is -0.147. The van der Waals surface area contributed by atoms with Crippen molar-refractivity contribution in [2.24, 2.45) is 0 Å². The Morgan fingerprint density at radius 2 is 1.78 bits per heavy atom. The predicted molar refractivity (Wildman–Crippen MR) is 175 cm³/mol. The minimum Gasteiger partial charge on any atom is -0.496 e. The fourth-order valence-corrected chi connectivity index (χ4v) is 4.97. The predicted octanol–water partition coefficient (Wildman–Crippen LogP) is 7.02. The van der Waals surface area contributed by atoms with Crippen molar-refractivity contribution in [2.75, 3.05) is 7.11 Å². The minimum atomic E-state index is -1.37. The van der Waals surface area contributed by atoms with Gasteiger partial charge in [0.25, 0.3) is 0 Å². The van der Waals surface area contributed by atoms with E-state index >= 15 is 0 Å². The second-order valence-corrected chi connectivity index (χ2v) is 12.1. The van der Waals surface area contributed by atoms with Crippen LogP contribution in [0.2, 0.25) is 0 Å². The molecule has 1 atom stereocenters. The Hall–Kier alpha value is -5.39. The van der Waals surface area contributed by atoms with Crippen LogP contribution < -0.4 is 10.1 Å². The van der Waals surface area contributed by atoms with Crippen LogP contribution >= 0.6 is 15.9 Å². The van der Waals surface area contributed by atoms with E-state index in [1.54, 1.807) is 87.5 Å². The maximum atomic E-state index is 13.9. The van der Waals surface area contributed by atoms with Gasteiger partial charge in [0.15, 0.2) is 0 Å². The van der Waals surface area contributed by atoms with E-state index in [4.69, 9.17) is 14.2 Å². The van der Waals surface area contributed by atoms with Crippen LogP contribution in [0.5, 0.6) is 5.75 Å². The SMILES string of the molecule is COc1ccc(C#N)cc1/C=C(\C#N)c1cn(C(=O)CC(NC(=O)OC(C)(C)C)C(=O)OCc2ccccc2)c2ccc(Br)cc12. The number of carbonyl (C=O) groups excluding carboxylic acids is 3. The van der Waals surface area contributed by atoms with Gasteiger partial charge < -0.3 is 19.5 Å². The van der Waals surface area contributed by atoms with E-state index in [2.05, 4.69) is 33.4 Å². The smallest absolute Gasteiger partial charge is 0.408 e. The third-order valence-electron chi connectivity index (χ3n) is 6.68. The minimum absolute atomic E-state index is 0.0578. The van der Waals surface area contributed by atoms with Gasteiger partial charge in [-0.3, -0.25) is 9.36 Å². The topological polar surface area (TPSA) is 143 Å². The molecule has 0 saturated carbocycles. The van der Waals surface area contributed by atoms with Crippen molar-refractivity contribution in [3.8, 4) is 17.9 Å². The Morgan fingerprint density at radius 1 is 1.04 bits per heavy atom. The number of fused-ring (bicyclic) bond motifs is 1. The number of rotatable bonds is 9. The largest absolute Gasteiger partial charge is 0.496 e. The van der Waals surface area contributed by atoms with Gasteiger partial charge in [0.1, 0.15) is 24.0 Å². The number of methoxy groups -OCH3 is 1. The molecule has 10 nitrogen and oxygen atoms in total. The van der Waals surface area contributed by atoms with E-state index in [1.807, 2.05) is 6.07 Å². The van der Waals surface area contributed by atoms with Gasteiger partial charge in [-0.25, -0.2) is 9.59 Å². The van der Waals surface area contributed by atoms with Gasteiger partial charge in [-0.2, -0.15) is 10.5 Å². The van der Waals surface area contributed by atoms with Crippen LogP contribution in [0.4, 0.5) is 4.79 Å². The van der Waals surface area contributed by atoms with Crippen molar-refractivity contribution in [1.29, 1.82) is 10.5 Å². The number of nitrogens with zero attached hydrogens (tertiary/aromatic N) is 3. The summed E-state index contributed by atoms with van der Waals surface area (Å²) in [7, 11) is 1.49. The highest BCUT2D eigenvalue weighted by atomic mass is 79.9. The lowest BCUT2D eigenvalue weighted by Crippen LogP contribution is -2.45. The van der Waals surface area contributed by atoms with Crippen molar-refractivity contribution in [3.63, 3.8) is 0 Å². The van der Waals surface area contributed by atoms with Gasteiger partial charge >= 0.3 is 12.1 Å². The Kier molecular flexibility index (Phi) is 10.6. The number of nitrogens with one attached hydrogen (secondary N) is 1. The number of benzene rings is 3. The fourth-order valence-electron chi connectivity index (χ4n) is 4.61. The molecule has 1 aromatic heterocycles. The maximum absolute atomic E-state index is 13.9. The van der Waals surface area contributed by atoms with Crippen molar-refractivity contribution < 1.29 is 28.6 Å². The summed E-state index contributed by atoms with van der Waals surface area (Å²) < 4.78 is 18.3. The first-order chi connectivity index (χ1) is 21.9. The van der Waals surface area contributed by atoms with Crippen LogP contribution in [0.15, 0.2) is 77.4 Å². The number of carbonyl (C=O) groups is 3. The standard InChI is InChI=1S/C35H31BrN4O6/c1-35(2,3)46-34(43)39-29(33(42)45-21-22-8-6-5-7-9-22)17-32(41)40-20-28(27-16-26(36)11-12-30(27)40)25(19-38)15-24-14-23(18-37)10-13-31(24)44-4/h5-16,20,29H,17,21H2,1-4H3,(H,39,43)/b25-15+. The van der Waals surface area contributed by atoms with Crippen molar-refractivity contribution in [2.45, 2.75) is 45.4 Å². The summed E-state index contributed by atoms with van der Waals surface area (Å²) >= 11 is 3.46. The summed E-state index contributed by atoms with van der Waals surface area (Å²) in [5.74, 6) is -0.903. The molecular weight excluding hydrogens is 652 g/mol. The van der Waals surface area contributed by atoms with Crippen molar-refractivity contribution in [3.05, 3.63) is 99.7 Å². The molecule has 0 radical (unpaired) electrons. The average molecular weight is 684 g/mol. The molecule has 1 amide bonds. The van der Waals surface area contributed by atoms with E-state index < -0.39 is 36.0 Å². The van der Waals surface area contributed by atoms with Gasteiger partial charge in [-0.15, -0.1) is 0 Å². The monoisotopic (exact) mass is 682 g/mol. The molecule has 0 aliphatic heterocycles. The molecule has 3 aromatic carbocycles. The first-order valence-electron chi connectivity index (χ1n) is 14.2. The Morgan fingerprint density at radius 3 is 2.43 bits per heavy atom. The molecule has 0 spiro atoms. The van der Waals surface area contributed by atoms with Crippen molar-refractivity contribution >= 4 is 56.5 Å². The van der Waals surface area contributed by atoms with Crippen LogP contribution in [-0.2, 0) is 20.9 Å². The van der Waals surface area contributed by atoms with Crippen LogP contribution in [0.25, 0.3) is 22.6 Å². The first kappa shape index (κ1) is 33.5. The highest BCUT2D eigenvalue weighted by molar-refractivity contribution is 9.10. The second kappa shape index (κ2) is 14.6. The molecule has 0 saturated heterocycles. The molecule has 46 heavy (non-hydrogen) atoms. The van der Waals surface area contributed by atoms with Gasteiger partial charge in [0.05, 0.1) is 42.3 Å². The zero-order valence-electron chi connectivity index (χ0n) is 25.7. The summed E-state index contributed by atoms with van der Waals surface area (Å²) in [5.41, 5.74) is 1.87. The summed E-state index contributed by atoms with van der Waals surface area (Å²) in [6, 6.07) is 22.0. The highest BCUT2D eigenvalue weighted by Crippen LogP contribution is 2.33. The quantitative estimate of drug-likeness (QED) is 0.147. The molecule has 11 heteroatoms. The Balaban J connectivity index is 1.71. The summed E-state index contributed by atoms with van der Waals surface area (Å²) in [4.78, 5) is 39.8. The van der Waals surface area contributed by atoms with E-state index in [9.17, 15) is 24.9 Å². The maximum Gasteiger partial charge on any atom is 0.408 e. The number of allylic oxidation sites excluding steroid dienone is 1. The van der Waals surface area contributed by atoms with Gasteiger partial charge in [-0.05, 0) is 68.8 Å². The van der Waals surface area contributed by atoms with E-state index in [0.717, 1.165) is 5.56 Å². The van der Waals surface area contributed by atoms with Crippen LogP contribution in [0.3, 0.4) is 0 Å². The van der Waals surface area contributed by atoms with E-state index in [0.29, 0.717) is 37.8 Å². The number of esters is 1. The van der Waals surface area contributed by atoms with Crippen LogP contribution in [0, 0.1) is 22.7 Å². The summed E-state index contributed by atoms with van der Waals surface area (Å²) in [5, 5.41) is 22.7. The molecule has 4 rings (SSSR count). The molecule has 0 aliphatic carbocycles. The van der Waals surface area contributed by atoms with Gasteiger partial charge in [0, 0.05) is 27.2 Å². The number of aromatic nitrogens is 1. The van der Waals surface area contributed by atoms with Gasteiger partial charge in [0.2, 0.25) is 5.91 Å². The molecule has 234 valence electrons. The van der Waals surface area contributed by atoms with Crippen LogP contribution in [0.1, 0.15) is 54.2 Å². The number of amides is 1. The molecule has 1 N–H and O–H groups in total. The molecular formula is C35H31BrN4O6. The molecule has 1 unspecified atom stereocenters. The molecule has 0 fully saturated rings. The highest BCUT2D eigenvalue weighted by Gasteiger charge is 2.29. The molecule has 0 aliphatic rings. The number of nitriles is 2. The first-order valence-corrected chi connectivity index (χ1v) is 15.0. The van der Waals surface area contributed by atoms with E-state index in [1.165, 1.54) is 17.9 Å². The van der Waals surface area contributed by atoms with Crippen LogP contribution in [-0.4, -0.2) is 41.3 Å². The Labute approximate surface area is 274 Å². The fraction of sp³-hybridized carbons (Fsp3) is 0.229. The van der Waals surface area contributed by atoms with E-state index in [-0.39, 0.29) is 12.2 Å². The zero-order chi connectivity index (χ0) is 33.4. The lowest BCUT2D eigenvalue weighted by atomic mass is 10.0. The van der Waals surface area contributed by atoms with Crippen molar-refractivity contribution in [1.82, 2.24) is 9.88 Å². The molecule has 4 aromatic rings. The molecule has 1 heterocycles. The number of halogens is 1. The number of ether oxygens (including phenoxy) is 3. The lowest BCUT2D eigenvalue weighted by Gasteiger charge is -2.23. The third-order valence-corrected chi connectivity index (χ3v) is 7.18. The number of hydrogen-bond acceptors (Lipinski definition) is 8.